The zero-order valence-corrected chi connectivity index (χ0v) is 22.1. The number of alkyl halides is 3. The van der Waals surface area contributed by atoms with Gasteiger partial charge in [0.15, 0.2) is 0 Å². The molecule has 14 heteroatoms. The summed E-state index contributed by atoms with van der Waals surface area (Å²) < 4.78 is 65.3. The first-order chi connectivity index (χ1) is 18.4. The second-order valence-electron chi connectivity index (χ2n) is 10.1. The predicted molar refractivity (Wildman–Crippen MR) is 139 cm³/mol. The van der Waals surface area contributed by atoms with E-state index in [1.165, 1.54) is 31.0 Å². The number of hydrogen-bond donors (Lipinski definition) is 5. The first-order valence-electron chi connectivity index (χ1n) is 12.6. The molecular weight excluding hydrogens is 539 g/mol. The molecule has 4 rings (SSSR count). The van der Waals surface area contributed by atoms with Gasteiger partial charge in [-0.15, -0.1) is 0 Å². The number of amides is 1. The molecule has 0 radical (unpaired) electrons. The molecule has 1 spiro atoms. The second-order valence-corrected chi connectivity index (χ2v) is 11.8. The fourth-order valence-electron chi connectivity index (χ4n) is 4.48. The molecule has 2 fully saturated rings. The largest absolute Gasteiger partial charge is 0.404 e. The highest BCUT2D eigenvalue weighted by Gasteiger charge is 2.45. The maximum atomic E-state index is 13.3. The normalized spacial score (nSPS) is 17.8. The fourth-order valence-corrected chi connectivity index (χ4v) is 5.76. The molecule has 1 amide bonds. The smallest absolute Gasteiger partial charge is 0.394 e. The minimum atomic E-state index is -4.76. The summed E-state index contributed by atoms with van der Waals surface area (Å²) in [6.07, 6.45) is -0.452. The highest BCUT2D eigenvalue weighted by molar-refractivity contribution is 7.89. The lowest BCUT2D eigenvalue weighted by atomic mass is 9.93. The number of hydrogen-bond acceptors (Lipinski definition) is 8. The van der Waals surface area contributed by atoms with Crippen LogP contribution in [0.4, 0.5) is 30.5 Å². The monoisotopic (exact) mass is 571 g/mol. The van der Waals surface area contributed by atoms with Crippen LogP contribution in [0.25, 0.3) is 0 Å². The second kappa shape index (κ2) is 11.3. The van der Waals surface area contributed by atoms with Gasteiger partial charge in [-0.2, -0.15) is 17.9 Å². The third-order valence-electron chi connectivity index (χ3n) is 7.22. The lowest BCUT2D eigenvalue weighted by Gasteiger charge is -2.34. The van der Waals surface area contributed by atoms with Crippen molar-refractivity contribution in [3.05, 3.63) is 42.0 Å². The summed E-state index contributed by atoms with van der Waals surface area (Å²) in [5, 5.41) is 24.4. The number of aliphatic hydroxyl groups excluding tert-OH is 2. The molecule has 1 saturated heterocycles. The maximum absolute atomic E-state index is 13.3. The molecule has 214 valence electrons. The number of carbonyl (C=O) groups is 1. The van der Waals surface area contributed by atoms with Crippen LogP contribution >= 0.6 is 0 Å². The number of piperidine rings is 1. The summed E-state index contributed by atoms with van der Waals surface area (Å²) in [7, 11) is -4.51. The lowest BCUT2D eigenvalue weighted by Crippen LogP contribution is -2.42. The first kappa shape index (κ1) is 29.1. The molecule has 1 aliphatic carbocycles. The molecule has 5 N–H and O–H groups in total. The number of aliphatic hydroxyl groups is 2. The van der Waals surface area contributed by atoms with Crippen LogP contribution in [-0.2, 0) is 10.0 Å². The fraction of sp³-hybridized carbons (Fsp3) is 0.520. The van der Waals surface area contributed by atoms with Crippen molar-refractivity contribution in [3.63, 3.8) is 0 Å². The molecule has 2 aliphatic rings. The van der Waals surface area contributed by atoms with Gasteiger partial charge < -0.3 is 25.7 Å². The number of rotatable bonds is 10. The van der Waals surface area contributed by atoms with E-state index in [0.717, 1.165) is 25.0 Å². The van der Waals surface area contributed by atoms with Crippen LogP contribution in [0, 0.1) is 5.41 Å². The Kier molecular flexibility index (Phi) is 8.40. The number of aromatic nitrogens is 1. The lowest BCUT2D eigenvalue weighted by molar-refractivity contribution is -0.147. The highest BCUT2D eigenvalue weighted by Crippen LogP contribution is 2.54. The molecule has 1 atom stereocenters. The summed E-state index contributed by atoms with van der Waals surface area (Å²) in [6, 6.07) is 5.10. The first-order valence-corrected chi connectivity index (χ1v) is 14.1. The van der Waals surface area contributed by atoms with Crippen LogP contribution in [-0.4, -0.2) is 74.1 Å². The minimum absolute atomic E-state index is 0.0758. The quantitative estimate of drug-likeness (QED) is 0.293. The van der Waals surface area contributed by atoms with E-state index in [2.05, 4.69) is 15.6 Å². The summed E-state index contributed by atoms with van der Waals surface area (Å²) in [5.74, 6) is 0.175. The Balaban J connectivity index is 1.57. The minimum Gasteiger partial charge on any atom is -0.394 e. The molecule has 1 aliphatic heterocycles. The molecule has 2 heterocycles. The van der Waals surface area contributed by atoms with E-state index in [9.17, 15) is 36.6 Å². The molecule has 0 unspecified atom stereocenters. The van der Waals surface area contributed by atoms with E-state index >= 15 is 0 Å². The number of benzene rings is 1. The van der Waals surface area contributed by atoms with E-state index in [-0.39, 0.29) is 24.5 Å². The van der Waals surface area contributed by atoms with Gasteiger partial charge >= 0.3 is 6.18 Å². The number of nitrogens with one attached hydrogen (secondary N) is 3. The SMILES string of the molecule is C[C@H](NS(=O)(=O)c1cccc(NC(=O)c2ccc(NC(CO)CO)nc2N2CCC3(CC2)CC3)c1)C(F)(F)F. The van der Waals surface area contributed by atoms with Crippen molar-refractivity contribution in [1.82, 2.24) is 9.71 Å². The van der Waals surface area contributed by atoms with Gasteiger partial charge in [0.2, 0.25) is 10.0 Å². The van der Waals surface area contributed by atoms with Crippen molar-refractivity contribution in [2.75, 3.05) is 41.8 Å². The van der Waals surface area contributed by atoms with E-state index < -0.39 is 39.1 Å². The topological polar surface area (TPSA) is 144 Å². The molecule has 1 saturated carbocycles. The van der Waals surface area contributed by atoms with Crippen molar-refractivity contribution in [2.45, 2.75) is 55.8 Å². The highest BCUT2D eigenvalue weighted by atomic mass is 32.2. The molecule has 1 aromatic heterocycles. The molecule has 39 heavy (non-hydrogen) atoms. The van der Waals surface area contributed by atoms with Gasteiger partial charge in [-0.05, 0) is 68.4 Å². The van der Waals surface area contributed by atoms with E-state index in [4.69, 9.17) is 0 Å². The van der Waals surface area contributed by atoms with Crippen molar-refractivity contribution in [1.29, 1.82) is 0 Å². The van der Waals surface area contributed by atoms with Crippen LogP contribution in [0.1, 0.15) is 43.0 Å². The van der Waals surface area contributed by atoms with Gasteiger partial charge in [-0.3, -0.25) is 4.79 Å². The molecule has 10 nitrogen and oxygen atoms in total. The number of carbonyl (C=O) groups excluding carboxylic acids is 1. The van der Waals surface area contributed by atoms with Gasteiger partial charge in [0.05, 0.1) is 29.7 Å². The van der Waals surface area contributed by atoms with Gasteiger partial charge in [0.25, 0.3) is 5.91 Å². The van der Waals surface area contributed by atoms with Crippen LogP contribution in [0.5, 0.6) is 0 Å². The Morgan fingerprint density at radius 3 is 2.36 bits per heavy atom. The third-order valence-corrected chi connectivity index (χ3v) is 8.76. The summed E-state index contributed by atoms with van der Waals surface area (Å²) in [4.78, 5) is 19.5. The van der Waals surface area contributed by atoms with Crippen LogP contribution < -0.4 is 20.3 Å². The summed E-state index contributed by atoms with van der Waals surface area (Å²) in [5.41, 5.74) is 0.665. The number of pyridine rings is 1. The summed E-state index contributed by atoms with van der Waals surface area (Å²) in [6.45, 7) is 1.44. The number of anilines is 3. The van der Waals surface area contributed by atoms with Crippen molar-refractivity contribution in [2.24, 2.45) is 5.41 Å². The predicted octanol–water partition coefficient (Wildman–Crippen LogP) is 2.71. The zero-order chi connectivity index (χ0) is 28.4. The molecular formula is C25H32F3N5O5S. The Morgan fingerprint density at radius 1 is 1.10 bits per heavy atom. The van der Waals surface area contributed by atoms with Gasteiger partial charge in [0.1, 0.15) is 17.7 Å². The van der Waals surface area contributed by atoms with Crippen molar-refractivity contribution < 1.29 is 36.6 Å². The van der Waals surface area contributed by atoms with Gasteiger partial charge in [-0.1, -0.05) is 6.07 Å². The van der Waals surface area contributed by atoms with E-state index in [1.807, 2.05) is 4.90 Å². The molecule has 0 bridgehead atoms. The number of nitrogens with zero attached hydrogens (tertiary/aromatic N) is 2. The van der Waals surface area contributed by atoms with Crippen LogP contribution in [0.2, 0.25) is 0 Å². The molecule has 1 aromatic carbocycles. The Hall–Kier alpha value is -2.94. The van der Waals surface area contributed by atoms with Crippen LogP contribution in [0.15, 0.2) is 41.3 Å². The van der Waals surface area contributed by atoms with E-state index in [0.29, 0.717) is 37.1 Å². The number of sulfonamides is 1. The zero-order valence-electron chi connectivity index (χ0n) is 21.3. The van der Waals surface area contributed by atoms with Crippen molar-refractivity contribution >= 4 is 33.3 Å². The maximum Gasteiger partial charge on any atom is 0.404 e. The Labute approximate surface area is 224 Å². The average Bonchev–Trinajstić information content (AvgIpc) is 3.65. The van der Waals surface area contributed by atoms with Gasteiger partial charge in [-0.25, -0.2) is 13.4 Å². The Morgan fingerprint density at radius 2 is 1.77 bits per heavy atom. The molecule has 2 aromatic rings. The third kappa shape index (κ3) is 6.99. The number of halogens is 3. The van der Waals surface area contributed by atoms with Crippen molar-refractivity contribution in [3.8, 4) is 0 Å². The Bertz CT molecular complexity index is 1290. The average molecular weight is 572 g/mol. The van der Waals surface area contributed by atoms with Gasteiger partial charge in [0, 0.05) is 18.8 Å². The van der Waals surface area contributed by atoms with Crippen LogP contribution in [0.3, 0.4) is 0 Å². The standard InChI is InChI=1S/C25H32F3N5O5S/c1-16(25(26,27)28)32-39(37,38)19-4-2-3-17(13-19)30-23(36)20-5-6-21(29-18(14-34)15-35)31-22(20)33-11-9-24(7-8-24)10-12-33/h2-6,13,16,18,32,34-35H,7-12,14-15H2,1H3,(H,29,31)(H,30,36)/t16-/m0/s1. The summed E-state index contributed by atoms with van der Waals surface area (Å²) >= 11 is 0. The van der Waals surface area contributed by atoms with E-state index in [1.54, 1.807) is 10.8 Å².